The first-order valence-electron chi connectivity index (χ1n) is 11.0. The van der Waals surface area contributed by atoms with Gasteiger partial charge in [-0.25, -0.2) is 0 Å². The minimum atomic E-state index is 0.207. The molecule has 5 heteroatoms. The SMILES string of the molecule is CCCCCCCCCCCCNC(=S)N/N=C\c1c(O)ccc2ccccc12. The molecule has 0 fully saturated rings. The van der Waals surface area contributed by atoms with Crippen molar-refractivity contribution in [3.63, 3.8) is 0 Å². The first kappa shape index (κ1) is 23.1. The van der Waals surface area contributed by atoms with Gasteiger partial charge in [-0.2, -0.15) is 5.10 Å². The molecule has 0 unspecified atom stereocenters. The zero-order valence-corrected chi connectivity index (χ0v) is 18.4. The van der Waals surface area contributed by atoms with E-state index >= 15 is 0 Å². The van der Waals surface area contributed by atoms with Gasteiger partial charge >= 0.3 is 0 Å². The first-order chi connectivity index (χ1) is 14.2. The number of hydrogen-bond acceptors (Lipinski definition) is 3. The molecule has 0 bridgehead atoms. The van der Waals surface area contributed by atoms with Gasteiger partial charge in [0.15, 0.2) is 5.11 Å². The molecule has 0 amide bonds. The number of hydrogen-bond donors (Lipinski definition) is 3. The number of hydrazone groups is 1. The van der Waals surface area contributed by atoms with Crippen molar-refractivity contribution in [1.82, 2.24) is 10.7 Å². The molecule has 0 aromatic heterocycles. The minimum Gasteiger partial charge on any atom is -0.507 e. The third-order valence-electron chi connectivity index (χ3n) is 5.12. The van der Waals surface area contributed by atoms with E-state index in [0.29, 0.717) is 10.7 Å². The summed E-state index contributed by atoms with van der Waals surface area (Å²) < 4.78 is 0. The highest BCUT2D eigenvalue weighted by molar-refractivity contribution is 7.80. The lowest BCUT2D eigenvalue weighted by Crippen LogP contribution is -2.32. The molecule has 0 aliphatic heterocycles. The quantitative estimate of drug-likeness (QED) is 0.157. The summed E-state index contributed by atoms with van der Waals surface area (Å²) in [6.07, 6.45) is 14.9. The van der Waals surface area contributed by atoms with Crippen molar-refractivity contribution in [2.24, 2.45) is 5.10 Å². The summed E-state index contributed by atoms with van der Waals surface area (Å²) in [6, 6.07) is 11.5. The van der Waals surface area contributed by atoms with E-state index in [1.807, 2.05) is 30.3 Å². The van der Waals surface area contributed by atoms with Gasteiger partial charge in [0.25, 0.3) is 0 Å². The molecule has 0 radical (unpaired) electrons. The van der Waals surface area contributed by atoms with Crippen molar-refractivity contribution in [1.29, 1.82) is 0 Å². The molecular weight excluding hydrogens is 378 g/mol. The number of benzene rings is 2. The van der Waals surface area contributed by atoms with Crippen molar-refractivity contribution in [3.8, 4) is 5.75 Å². The highest BCUT2D eigenvalue weighted by Crippen LogP contribution is 2.25. The molecule has 0 atom stereocenters. The third-order valence-corrected chi connectivity index (χ3v) is 5.36. The lowest BCUT2D eigenvalue weighted by molar-refractivity contribution is 0.475. The average Bonchev–Trinajstić information content (AvgIpc) is 2.73. The van der Waals surface area contributed by atoms with E-state index in [4.69, 9.17) is 12.2 Å². The molecule has 4 nitrogen and oxygen atoms in total. The van der Waals surface area contributed by atoms with Crippen LogP contribution in [0.25, 0.3) is 10.8 Å². The van der Waals surface area contributed by atoms with Crippen molar-refractivity contribution in [2.45, 2.75) is 71.1 Å². The zero-order valence-electron chi connectivity index (χ0n) is 17.6. The number of thiocarbonyl (C=S) groups is 1. The Balaban J connectivity index is 1.58. The number of unbranched alkanes of at least 4 members (excludes halogenated alkanes) is 9. The standard InChI is InChI=1S/C24H35N3OS/c1-2-3-4-5-6-7-8-9-10-13-18-25-24(29)27-26-19-22-21-15-12-11-14-20(21)16-17-23(22)28/h11-12,14-17,19,28H,2-10,13,18H2,1H3,(H2,25,27,29)/b26-19-. The van der Waals surface area contributed by atoms with Crippen LogP contribution in [0.2, 0.25) is 0 Å². The molecule has 0 heterocycles. The van der Waals surface area contributed by atoms with Gasteiger partial charge in [-0.05, 0) is 35.5 Å². The van der Waals surface area contributed by atoms with Crippen LogP contribution < -0.4 is 10.7 Å². The first-order valence-corrected chi connectivity index (χ1v) is 11.4. The highest BCUT2D eigenvalue weighted by atomic mass is 32.1. The average molecular weight is 414 g/mol. The van der Waals surface area contributed by atoms with Gasteiger partial charge in [0.05, 0.1) is 6.21 Å². The Morgan fingerprint density at radius 2 is 1.59 bits per heavy atom. The predicted molar refractivity (Wildman–Crippen MR) is 129 cm³/mol. The number of rotatable bonds is 13. The van der Waals surface area contributed by atoms with Crippen LogP contribution in [0.15, 0.2) is 41.5 Å². The molecule has 2 aromatic carbocycles. The summed E-state index contributed by atoms with van der Waals surface area (Å²) in [5, 5.41) is 20.0. The van der Waals surface area contributed by atoms with Gasteiger partial charge in [0.1, 0.15) is 5.75 Å². The summed E-state index contributed by atoms with van der Waals surface area (Å²) in [5.74, 6) is 0.207. The fraction of sp³-hybridized carbons (Fsp3) is 0.500. The molecule has 0 aliphatic carbocycles. The number of aromatic hydroxyl groups is 1. The highest BCUT2D eigenvalue weighted by Gasteiger charge is 2.04. The predicted octanol–water partition coefficient (Wildman–Crippen LogP) is 6.26. The van der Waals surface area contributed by atoms with Gasteiger partial charge in [0.2, 0.25) is 0 Å². The van der Waals surface area contributed by atoms with Crippen LogP contribution >= 0.6 is 12.2 Å². The van der Waals surface area contributed by atoms with Gasteiger partial charge in [-0.1, -0.05) is 95.0 Å². The summed E-state index contributed by atoms with van der Waals surface area (Å²) in [5.41, 5.74) is 3.53. The van der Waals surface area contributed by atoms with E-state index in [1.54, 1.807) is 12.3 Å². The molecule has 0 aliphatic rings. The van der Waals surface area contributed by atoms with E-state index in [1.165, 1.54) is 57.8 Å². The normalized spacial score (nSPS) is 11.2. The maximum absolute atomic E-state index is 10.1. The van der Waals surface area contributed by atoms with Crippen LogP contribution in [-0.4, -0.2) is 23.0 Å². The van der Waals surface area contributed by atoms with Crippen LogP contribution in [0.4, 0.5) is 0 Å². The Morgan fingerprint density at radius 3 is 2.31 bits per heavy atom. The smallest absolute Gasteiger partial charge is 0.186 e. The Bertz CT molecular complexity index is 776. The number of phenolic OH excluding ortho intramolecular Hbond substituents is 1. The van der Waals surface area contributed by atoms with Crippen LogP contribution in [0, 0.1) is 0 Å². The molecule has 2 aromatic rings. The van der Waals surface area contributed by atoms with Gasteiger partial charge in [-0.3, -0.25) is 5.43 Å². The summed E-state index contributed by atoms with van der Waals surface area (Å²) in [4.78, 5) is 0. The number of fused-ring (bicyclic) bond motifs is 1. The van der Waals surface area contributed by atoms with Crippen LogP contribution in [0.3, 0.4) is 0 Å². The van der Waals surface area contributed by atoms with Gasteiger partial charge in [0, 0.05) is 12.1 Å². The fourth-order valence-electron chi connectivity index (χ4n) is 3.43. The van der Waals surface area contributed by atoms with Crippen molar-refractivity contribution in [3.05, 3.63) is 42.0 Å². The summed E-state index contributed by atoms with van der Waals surface area (Å²) in [6.45, 7) is 3.12. The van der Waals surface area contributed by atoms with Crippen LogP contribution in [0.1, 0.15) is 76.7 Å². The Hall–Kier alpha value is -2.14. The van der Waals surface area contributed by atoms with E-state index in [-0.39, 0.29) is 5.75 Å². The summed E-state index contributed by atoms with van der Waals surface area (Å²) in [7, 11) is 0. The van der Waals surface area contributed by atoms with Crippen LogP contribution in [0.5, 0.6) is 5.75 Å². The molecule has 2 rings (SSSR count). The number of nitrogens with zero attached hydrogens (tertiary/aromatic N) is 1. The maximum atomic E-state index is 10.1. The van der Waals surface area contributed by atoms with E-state index in [0.717, 1.165) is 23.7 Å². The van der Waals surface area contributed by atoms with Gasteiger partial charge in [-0.15, -0.1) is 0 Å². The monoisotopic (exact) mass is 413 g/mol. The maximum Gasteiger partial charge on any atom is 0.186 e. The summed E-state index contributed by atoms with van der Waals surface area (Å²) >= 11 is 5.27. The molecule has 0 spiro atoms. The molecule has 0 saturated heterocycles. The third kappa shape index (κ3) is 8.82. The van der Waals surface area contributed by atoms with E-state index in [2.05, 4.69) is 22.8 Å². The minimum absolute atomic E-state index is 0.207. The largest absolute Gasteiger partial charge is 0.507 e. The van der Waals surface area contributed by atoms with Crippen molar-refractivity contribution >= 4 is 34.3 Å². The molecule has 158 valence electrons. The lowest BCUT2D eigenvalue weighted by Gasteiger charge is -2.08. The van der Waals surface area contributed by atoms with Crippen molar-refractivity contribution < 1.29 is 5.11 Å². The van der Waals surface area contributed by atoms with Gasteiger partial charge < -0.3 is 10.4 Å². The zero-order chi connectivity index (χ0) is 20.7. The topological polar surface area (TPSA) is 56.7 Å². The molecule has 3 N–H and O–H groups in total. The molecule has 0 saturated carbocycles. The second-order valence-corrected chi connectivity index (χ2v) is 7.94. The van der Waals surface area contributed by atoms with Crippen LogP contribution in [-0.2, 0) is 0 Å². The Kier molecular flexibility index (Phi) is 11.1. The fourth-order valence-corrected chi connectivity index (χ4v) is 3.58. The Morgan fingerprint density at radius 1 is 0.931 bits per heavy atom. The molecular formula is C24H35N3OS. The number of nitrogens with one attached hydrogen (secondary N) is 2. The Labute approximate surface area is 180 Å². The lowest BCUT2D eigenvalue weighted by atomic mass is 10.0. The number of phenols is 1. The second-order valence-electron chi connectivity index (χ2n) is 7.53. The second kappa shape index (κ2) is 13.9. The van der Waals surface area contributed by atoms with Crippen molar-refractivity contribution in [2.75, 3.05) is 6.54 Å². The van der Waals surface area contributed by atoms with E-state index < -0.39 is 0 Å². The molecule has 29 heavy (non-hydrogen) atoms. The van der Waals surface area contributed by atoms with E-state index in [9.17, 15) is 5.11 Å².